The second-order valence-corrected chi connectivity index (χ2v) is 6.28. The quantitative estimate of drug-likeness (QED) is 0.379. The number of guanidine groups is 1. The third-order valence-electron chi connectivity index (χ3n) is 4.28. The average molecular weight is 431 g/mol. The molecule has 3 N–H and O–H groups in total. The number of hydrogen-bond acceptors (Lipinski definition) is 2. The predicted octanol–water partition coefficient (Wildman–Crippen LogP) is 3.69. The van der Waals surface area contributed by atoms with Gasteiger partial charge in [-0.15, -0.1) is 24.0 Å². The van der Waals surface area contributed by atoms with E-state index in [9.17, 15) is 5.11 Å². The fourth-order valence-electron chi connectivity index (χ4n) is 2.93. The van der Waals surface area contributed by atoms with Gasteiger partial charge in [-0.25, -0.2) is 0 Å². The monoisotopic (exact) mass is 431 g/mol. The van der Waals surface area contributed by atoms with Crippen molar-refractivity contribution in [1.29, 1.82) is 0 Å². The lowest BCUT2D eigenvalue weighted by Crippen LogP contribution is -2.44. The number of nitrogens with zero attached hydrogens (tertiary/aromatic N) is 1. The Morgan fingerprint density at radius 2 is 2.00 bits per heavy atom. The van der Waals surface area contributed by atoms with Crippen molar-refractivity contribution in [2.75, 3.05) is 13.1 Å². The van der Waals surface area contributed by atoms with Crippen LogP contribution in [0, 0.1) is 5.92 Å². The third kappa shape index (κ3) is 7.42. The van der Waals surface area contributed by atoms with Crippen molar-refractivity contribution in [3.63, 3.8) is 0 Å². The molecule has 0 aliphatic heterocycles. The van der Waals surface area contributed by atoms with Gasteiger partial charge in [0.25, 0.3) is 0 Å². The molecule has 0 aromatic heterocycles. The first-order valence-electron chi connectivity index (χ1n) is 8.50. The zero-order chi connectivity index (χ0) is 15.8. The van der Waals surface area contributed by atoms with E-state index in [4.69, 9.17) is 0 Å². The number of phenols is 1. The molecule has 0 amide bonds. The lowest BCUT2D eigenvalue weighted by Gasteiger charge is -2.28. The predicted molar refractivity (Wildman–Crippen MR) is 108 cm³/mol. The maximum atomic E-state index is 9.48. The minimum Gasteiger partial charge on any atom is -0.508 e. The number of hydrogen-bond donors (Lipinski definition) is 3. The highest BCUT2D eigenvalue weighted by atomic mass is 127. The fourth-order valence-corrected chi connectivity index (χ4v) is 2.93. The number of aliphatic imine (C=N–C) groups is 1. The van der Waals surface area contributed by atoms with E-state index in [2.05, 4.69) is 29.5 Å². The summed E-state index contributed by atoms with van der Waals surface area (Å²) in [6.07, 6.45) is 5.92. The smallest absolute Gasteiger partial charge is 0.191 e. The lowest BCUT2D eigenvalue weighted by molar-refractivity contribution is 0.329. The van der Waals surface area contributed by atoms with Gasteiger partial charge in [0, 0.05) is 19.1 Å². The summed E-state index contributed by atoms with van der Waals surface area (Å²) in [5, 5.41) is 16.4. The van der Waals surface area contributed by atoms with Gasteiger partial charge in [0.15, 0.2) is 5.96 Å². The Morgan fingerprint density at radius 1 is 1.26 bits per heavy atom. The van der Waals surface area contributed by atoms with Crippen LogP contribution in [-0.2, 0) is 6.42 Å². The van der Waals surface area contributed by atoms with E-state index in [1.54, 1.807) is 12.1 Å². The van der Waals surface area contributed by atoms with E-state index in [0.29, 0.717) is 11.8 Å². The van der Waals surface area contributed by atoms with E-state index < -0.39 is 0 Å². The molecule has 1 fully saturated rings. The number of rotatable bonds is 5. The Labute approximate surface area is 157 Å². The highest BCUT2D eigenvalue weighted by Gasteiger charge is 2.18. The summed E-state index contributed by atoms with van der Waals surface area (Å²) in [5.41, 5.74) is 1.12. The van der Waals surface area contributed by atoms with Crippen LogP contribution in [-0.4, -0.2) is 30.2 Å². The van der Waals surface area contributed by atoms with Crippen LogP contribution in [0.15, 0.2) is 29.3 Å². The maximum Gasteiger partial charge on any atom is 0.191 e. The van der Waals surface area contributed by atoms with Crippen LogP contribution >= 0.6 is 24.0 Å². The Bertz CT molecular complexity index is 485. The van der Waals surface area contributed by atoms with Gasteiger partial charge in [-0.05, 0) is 62.6 Å². The second kappa shape index (κ2) is 10.7. The van der Waals surface area contributed by atoms with Gasteiger partial charge in [0.05, 0.1) is 0 Å². The van der Waals surface area contributed by atoms with Crippen molar-refractivity contribution < 1.29 is 5.11 Å². The Balaban J connectivity index is 0.00000264. The molecule has 1 aromatic rings. The largest absolute Gasteiger partial charge is 0.508 e. The summed E-state index contributed by atoms with van der Waals surface area (Å²) in [5.74, 6) is 2.10. The molecule has 0 bridgehead atoms. The minimum atomic E-state index is 0. The van der Waals surface area contributed by atoms with Crippen molar-refractivity contribution in [1.82, 2.24) is 10.6 Å². The van der Waals surface area contributed by atoms with Crippen LogP contribution < -0.4 is 10.6 Å². The van der Waals surface area contributed by atoms with E-state index in [-0.39, 0.29) is 24.0 Å². The molecule has 1 aliphatic carbocycles. The molecule has 0 saturated heterocycles. The van der Waals surface area contributed by atoms with Gasteiger partial charge in [0.2, 0.25) is 0 Å². The molecule has 2 rings (SSSR count). The summed E-state index contributed by atoms with van der Waals surface area (Å²) < 4.78 is 0. The highest BCUT2D eigenvalue weighted by molar-refractivity contribution is 14.0. The van der Waals surface area contributed by atoms with Gasteiger partial charge < -0.3 is 15.7 Å². The van der Waals surface area contributed by atoms with Gasteiger partial charge in [-0.2, -0.15) is 0 Å². The van der Waals surface area contributed by atoms with Gasteiger partial charge in [0.1, 0.15) is 5.75 Å². The second-order valence-electron chi connectivity index (χ2n) is 6.28. The third-order valence-corrected chi connectivity index (χ3v) is 4.28. The van der Waals surface area contributed by atoms with Crippen molar-refractivity contribution in [2.24, 2.45) is 10.9 Å². The van der Waals surface area contributed by atoms with Gasteiger partial charge >= 0.3 is 0 Å². The SMILES string of the molecule is CCNC(=NCCc1cccc(O)c1)NC1CCC(C)CC1.I. The topological polar surface area (TPSA) is 56.7 Å². The maximum absolute atomic E-state index is 9.48. The molecule has 0 spiro atoms. The van der Waals surface area contributed by atoms with Crippen molar-refractivity contribution in [3.8, 4) is 5.75 Å². The lowest BCUT2D eigenvalue weighted by atomic mass is 9.87. The summed E-state index contributed by atoms with van der Waals surface area (Å²) in [6, 6.07) is 7.95. The molecule has 0 heterocycles. The van der Waals surface area contributed by atoms with Crippen molar-refractivity contribution in [3.05, 3.63) is 29.8 Å². The average Bonchev–Trinajstić information content (AvgIpc) is 2.50. The van der Waals surface area contributed by atoms with Crippen LogP contribution in [0.4, 0.5) is 0 Å². The normalized spacial score (nSPS) is 21.4. The Morgan fingerprint density at radius 3 is 2.65 bits per heavy atom. The molecule has 23 heavy (non-hydrogen) atoms. The first-order chi connectivity index (χ1) is 10.7. The van der Waals surface area contributed by atoms with Gasteiger partial charge in [-0.3, -0.25) is 4.99 Å². The van der Waals surface area contributed by atoms with Crippen LogP contribution in [0.25, 0.3) is 0 Å². The zero-order valence-electron chi connectivity index (χ0n) is 14.2. The molecule has 0 atom stereocenters. The highest BCUT2D eigenvalue weighted by Crippen LogP contribution is 2.23. The molecule has 5 heteroatoms. The molecule has 1 aromatic carbocycles. The van der Waals surface area contributed by atoms with E-state index in [1.807, 2.05) is 12.1 Å². The molecule has 4 nitrogen and oxygen atoms in total. The summed E-state index contributed by atoms with van der Waals surface area (Å²) in [7, 11) is 0. The standard InChI is InChI=1S/C18H29N3O.HI/c1-3-19-18(21-16-9-7-14(2)8-10-16)20-12-11-15-5-4-6-17(22)13-15;/h4-6,13-14,16,22H,3,7-12H2,1-2H3,(H2,19,20,21);1H. The zero-order valence-corrected chi connectivity index (χ0v) is 16.5. The number of nitrogens with one attached hydrogen (secondary N) is 2. The van der Waals surface area contributed by atoms with E-state index in [0.717, 1.165) is 37.0 Å². The van der Waals surface area contributed by atoms with Crippen LogP contribution in [0.5, 0.6) is 5.75 Å². The first kappa shape index (κ1) is 20.1. The molecule has 1 aliphatic rings. The number of halogens is 1. The molecule has 1 saturated carbocycles. The van der Waals surface area contributed by atoms with E-state index in [1.165, 1.54) is 25.7 Å². The summed E-state index contributed by atoms with van der Waals surface area (Å²) >= 11 is 0. The molecule has 0 unspecified atom stereocenters. The fraction of sp³-hybridized carbons (Fsp3) is 0.611. The summed E-state index contributed by atoms with van der Waals surface area (Å²) in [4.78, 5) is 4.66. The molecular formula is C18H30IN3O. The summed E-state index contributed by atoms with van der Waals surface area (Å²) in [6.45, 7) is 6.03. The molecule has 0 radical (unpaired) electrons. The number of benzene rings is 1. The molecular weight excluding hydrogens is 401 g/mol. The van der Waals surface area contributed by atoms with Crippen LogP contribution in [0.1, 0.15) is 45.1 Å². The minimum absolute atomic E-state index is 0. The number of aromatic hydroxyl groups is 1. The van der Waals surface area contributed by atoms with Crippen LogP contribution in [0.2, 0.25) is 0 Å². The Kier molecular flexibility index (Phi) is 9.36. The molecule has 130 valence electrons. The van der Waals surface area contributed by atoms with E-state index >= 15 is 0 Å². The number of phenolic OH excluding ortho intramolecular Hbond substituents is 1. The van der Waals surface area contributed by atoms with Gasteiger partial charge in [-0.1, -0.05) is 19.1 Å². The Hall–Kier alpha value is -0.980. The van der Waals surface area contributed by atoms with Crippen molar-refractivity contribution in [2.45, 2.75) is 52.0 Å². The van der Waals surface area contributed by atoms with Crippen LogP contribution in [0.3, 0.4) is 0 Å². The van der Waals surface area contributed by atoms with Crippen molar-refractivity contribution >= 4 is 29.9 Å². The first-order valence-corrected chi connectivity index (χ1v) is 8.50.